The summed E-state index contributed by atoms with van der Waals surface area (Å²) in [6.07, 6.45) is 12.0. The number of hydrogen-bond donors (Lipinski definition) is 0. The van der Waals surface area contributed by atoms with Gasteiger partial charge in [0.1, 0.15) is 0 Å². The molecule has 1 amide bonds. The summed E-state index contributed by atoms with van der Waals surface area (Å²) in [5, 5.41) is 1.27. The van der Waals surface area contributed by atoms with Crippen molar-refractivity contribution >= 4 is 27.3 Å². The van der Waals surface area contributed by atoms with E-state index in [0.717, 1.165) is 71.2 Å². The molecular formula is C28H47N4O3S2. The first-order chi connectivity index (χ1) is 17.8. The van der Waals surface area contributed by atoms with Crippen LogP contribution < -0.4 is 0 Å². The fraction of sp³-hybridized carbons (Fsp3) is 0.821. The van der Waals surface area contributed by atoms with Crippen LogP contribution in [0.25, 0.3) is 0 Å². The fourth-order valence-electron chi connectivity index (χ4n) is 6.26. The van der Waals surface area contributed by atoms with Gasteiger partial charge in [-0.05, 0) is 63.2 Å². The Morgan fingerprint density at radius 3 is 2.46 bits per heavy atom. The highest BCUT2D eigenvalue weighted by Gasteiger charge is 2.37. The summed E-state index contributed by atoms with van der Waals surface area (Å²) in [5.41, 5.74) is 0. The monoisotopic (exact) mass is 551 g/mol. The number of sulfonamides is 1. The molecule has 3 heterocycles. The molecular weight excluding hydrogens is 504 g/mol. The number of amides is 1. The SMILES string of the molecule is CCCCCC(=O)N1CCC([C]2CCC(C)C(c3ncc(CN4CCN(S(=O)(=O)CC)CC4)s3)C2)CC1. The van der Waals surface area contributed by atoms with Crippen LogP contribution in [0.15, 0.2) is 6.20 Å². The van der Waals surface area contributed by atoms with Gasteiger partial charge in [0, 0.05) is 69.2 Å². The van der Waals surface area contributed by atoms with Gasteiger partial charge < -0.3 is 4.90 Å². The van der Waals surface area contributed by atoms with Crippen molar-refractivity contribution < 1.29 is 13.2 Å². The Morgan fingerprint density at radius 1 is 1.05 bits per heavy atom. The van der Waals surface area contributed by atoms with Crippen molar-refractivity contribution in [1.82, 2.24) is 19.1 Å². The van der Waals surface area contributed by atoms with Gasteiger partial charge in [-0.3, -0.25) is 9.69 Å². The van der Waals surface area contributed by atoms with Gasteiger partial charge in [-0.2, -0.15) is 4.31 Å². The van der Waals surface area contributed by atoms with Crippen molar-refractivity contribution in [3.63, 3.8) is 0 Å². The molecule has 9 heteroatoms. The molecule has 2 unspecified atom stereocenters. The number of hydrogen-bond acceptors (Lipinski definition) is 6. The van der Waals surface area contributed by atoms with Crippen LogP contribution in [0, 0.1) is 17.8 Å². The van der Waals surface area contributed by atoms with E-state index in [-0.39, 0.29) is 5.75 Å². The molecule has 3 fully saturated rings. The molecule has 2 atom stereocenters. The normalized spacial score (nSPS) is 25.5. The maximum absolute atomic E-state index is 12.5. The van der Waals surface area contributed by atoms with E-state index < -0.39 is 10.0 Å². The molecule has 1 saturated carbocycles. The maximum Gasteiger partial charge on any atom is 0.222 e. The summed E-state index contributed by atoms with van der Waals surface area (Å²) in [6, 6.07) is 0. The number of thiazole rings is 1. The fourth-order valence-corrected chi connectivity index (χ4v) is 8.54. The van der Waals surface area contributed by atoms with Crippen molar-refractivity contribution in [2.24, 2.45) is 11.8 Å². The first kappa shape index (κ1) is 29.0. The molecule has 2 saturated heterocycles. The van der Waals surface area contributed by atoms with Crippen LogP contribution in [-0.4, -0.2) is 78.4 Å². The van der Waals surface area contributed by atoms with Crippen LogP contribution in [-0.2, 0) is 21.4 Å². The van der Waals surface area contributed by atoms with Crippen molar-refractivity contribution in [3.8, 4) is 0 Å². The van der Waals surface area contributed by atoms with Crippen LogP contribution in [0.4, 0.5) is 0 Å². The molecule has 1 aromatic rings. The van der Waals surface area contributed by atoms with E-state index in [2.05, 4.69) is 29.8 Å². The Morgan fingerprint density at radius 2 is 1.78 bits per heavy atom. The van der Waals surface area contributed by atoms with Crippen LogP contribution >= 0.6 is 11.3 Å². The van der Waals surface area contributed by atoms with Crippen molar-refractivity contribution in [3.05, 3.63) is 22.0 Å². The summed E-state index contributed by atoms with van der Waals surface area (Å²) in [6.45, 7) is 11.7. The Bertz CT molecular complexity index is 966. The number of piperidine rings is 1. The highest BCUT2D eigenvalue weighted by molar-refractivity contribution is 7.89. The molecule has 7 nitrogen and oxygen atoms in total. The Balaban J connectivity index is 1.26. The van der Waals surface area contributed by atoms with Crippen LogP contribution in [0.5, 0.6) is 0 Å². The Kier molecular flexibility index (Phi) is 10.5. The molecule has 0 aromatic carbocycles. The van der Waals surface area contributed by atoms with Gasteiger partial charge in [0.15, 0.2) is 0 Å². The molecule has 4 rings (SSSR count). The second-order valence-corrected chi connectivity index (χ2v) is 14.7. The van der Waals surface area contributed by atoms with E-state index in [1.807, 2.05) is 11.3 Å². The molecule has 2 aliphatic heterocycles. The number of aromatic nitrogens is 1. The topological polar surface area (TPSA) is 73.8 Å². The summed E-state index contributed by atoms with van der Waals surface area (Å²) in [7, 11) is -3.09. The zero-order valence-electron chi connectivity index (χ0n) is 23.2. The highest BCUT2D eigenvalue weighted by Crippen LogP contribution is 2.47. The third kappa shape index (κ3) is 7.55. The minimum atomic E-state index is -3.09. The zero-order chi connectivity index (χ0) is 26.4. The molecule has 1 aromatic heterocycles. The average molecular weight is 552 g/mol. The van der Waals surface area contributed by atoms with Crippen molar-refractivity contribution in [2.45, 2.75) is 91.0 Å². The van der Waals surface area contributed by atoms with E-state index in [1.165, 1.54) is 22.7 Å². The predicted octanol–water partition coefficient (Wildman–Crippen LogP) is 4.91. The van der Waals surface area contributed by atoms with Gasteiger partial charge in [-0.1, -0.05) is 26.7 Å². The number of likely N-dealkylation sites (tertiary alicyclic amines) is 1. The lowest BCUT2D eigenvalue weighted by molar-refractivity contribution is -0.132. The summed E-state index contributed by atoms with van der Waals surface area (Å²) in [5.74, 6) is 4.06. The van der Waals surface area contributed by atoms with Gasteiger partial charge in [0.25, 0.3) is 0 Å². The number of carbonyl (C=O) groups is 1. The summed E-state index contributed by atoms with van der Waals surface area (Å²) < 4.78 is 25.9. The van der Waals surface area contributed by atoms with Crippen LogP contribution in [0.2, 0.25) is 0 Å². The second kappa shape index (κ2) is 13.4. The first-order valence-electron chi connectivity index (χ1n) is 14.6. The van der Waals surface area contributed by atoms with Gasteiger partial charge in [-0.15, -0.1) is 11.3 Å². The van der Waals surface area contributed by atoms with Crippen LogP contribution in [0.1, 0.15) is 94.4 Å². The maximum atomic E-state index is 12.5. The highest BCUT2D eigenvalue weighted by atomic mass is 32.2. The molecule has 3 aliphatic rings. The molecule has 37 heavy (non-hydrogen) atoms. The lowest BCUT2D eigenvalue weighted by Gasteiger charge is -2.41. The quantitative estimate of drug-likeness (QED) is 0.387. The summed E-state index contributed by atoms with van der Waals surface area (Å²) >= 11 is 1.86. The number of nitrogens with zero attached hydrogens (tertiary/aromatic N) is 4. The predicted molar refractivity (Wildman–Crippen MR) is 151 cm³/mol. The van der Waals surface area contributed by atoms with Gasteiger partial charge >= 0.3 is 0 Å². The largest absolute Gasteiger partial charge is 0.343 e. The first-order valence-corrected chi connectivity index (χ1v) is 17.0. The Hall–Kier alpha value is -1.03. The summed E-state index contributed by atoms with van der Waals surface area (Å²) in [4.78, 5) is 23.2. The average Bonchev–Trinajstić information content (AvgIpc) is 3.37. The van der Waals surface area contributed by atoms with E-state index in [1.54, 1.807) is 17.1 Å². The number of carbonyl (C=O) groups excluding carboxylic acids is 1. The van der Waals surface area contributed by atoms with E-state index in [9.17, 15) is 13.2 Å². The minimum Gasteiger partial charge on any atom is -0.343 e. The van der Waals surface area contributed by atoms with Gasteiger partial charge in [0.05, 0.1) is 10.8 Å². The van der Waals surface area contributed by atoms with Crippen LogP contribution in [0.3, 0.4) is 0 Å². The van der Waals surface area contributed by atoms with Gasteiger partial charge in [0.2, 0.25) is 15.9 Å². The van der Waals surface area contributed by atoms with E-state index in [0.29, 0.717) is 43.2 Å². The zero-order valence-corrected chi connectivity index (χ0v) is 24.8. The second-order valence-electron chi connectivity index (χ2n) is 11.3. The minimum absolute atomic E-state index is 0.181. The molecule has 0 spiro atoms. The Labute approximate surface area is 229 Å². The third-order valence-electron chi connectivity index (χ3n) is 8.87. The van der Waals surface area contributed by atoms with E-state index in [4.69, 9.17) is 4.98 Å². The lowest BCUT2D eigenvalue weighted by atomic mass is 9.68. The smallest absolute Gasteiger partial charge is 0.222 e. The molecule has 209 valence electrons. The lowest BCUT2D eigenvalue weighted by Crippen LogP contribution is -2.48. The van der Waals surface area contributed by atoms with Gasteiger partial charge in [-0.25, -0.2) is 13.4 Å². The van der Waals surface area contributed by atoms with Crippen molar-refractivity contribution in [2.75, 3.05) is 45.0 Å². The molecule has 1 aliphatic carbocycles. The molecule has 0 bridgehead atoms. The van der Waals surface area contributed by atoms with E-state index >= 15 is 0 Å². The van der Waals surface area contributed by atoms with Crippen molar-refractivity contribution in [1.29, 1.82) is 0 Å². The molecule has 0 N–H and O–H groups in total. The molecule has 1 radical (unpaired) electrons. The third-order valence-corrected chi connectivity index (χ3v) is 11.9. The number of rotatable bonds is 10. The standard InChI is InChI=1S/C28H47N4O3S2/c1-4-6-7-8-27(33)31-13-11-23(12-14-31)24-10-9-22(3)26(19-24)28-29-20-25(36-28)21-30-15-17-32(18-16-30)37(34,35)5-2/h20,22-23,26H,4-19,21H2,1-3H3. The number of unbranched alkanes of at least 4 members (excludes halogenated alkanes) is 2. The number of piperazine rings is 1.